The minimum absolute atomic E-state index is 0.0788. The smallest absolute Gasteiger partial charge is 0.269 e. The summed E-state index contributed by atoms with van der Waals surface area (Å²) in [6.45, 7) is 3.43. The van der Waals surface area contributed by atoms with Gasteiger partial charge < -0.3 is 9.64 Å². The first kappa shape index (κ1) is 23.2. The predicted molar refractivity (Wildman–Crippen MR) is 130 cm³/mol. The summed E-state index contributed by atoms with van der Waals surface area (Å²) < 4.78 is 33.4. The Hall–Kier alpha value is -3.54. The molecule has 2 N–H and O–H groups in total. The Morgan fingerprint density at radius 2 is 1.77 bits per heavy atom. The van der Waals surface area contributed by atoms with Gasteiger partial charge in [-0.05, 0) is 41.8 Å². The van der Waals surface area contributed by atoms with Crippen molar-refractivity contribution in [1.29, 1.82) is 0 Å². The lowest BCUT2D eigenvalue weighted by Gasteiger charge is -2.28. The van der Waals surface area contributed by atoms with E-state index in [-0.39, 0.29) is 16.4 Å². The maximum atomic E-state index is 13.3. The number of hydrogen-bond acceptors (Lipinski definition) is 8. The first-order chi connectivity index (χ1) is 17.0. The van der Waals surface area contributed by atoms with Gasteiger partial charge in [-0.1, -0.05) is 30.3 Å². The highest BCUT2D eigenvalue weighted by molar-refractivity contribution is 7.89. The summed E-state index contributed by atoms with van der Waals surface area (Å²) in [7, 11) is -3.75. The summed E-state index contributed by atoms with van der Waals surface area (Å²) in [6, 6.07) is 15.7. The molecule has 3 aromatic rings. The Balaban J connectivity index is 1.26. The number of benzene rings is 2. The maximum Gasteiger partial charge on any atom is 0.269 e. The van der Waals surface area contributed by atoms with Crippen LogP contribution in [-0.2, 0) is 27.7 Å². The van der Waals surface area contributed by atoms with E-state index in [9.17, 15) is 13.2 Å². The van der Waals surface area contributed by atoms with Gasteiger partial charge in [-0.25, -0.2) is 13.4 Å². The Labute approximate surface area is 204 Å². The molecule has 11 heteroatoms. The van der Waals surface area contributed by atoms with E-state index in [0.29, 0.717) is 32.7 Å². The third-order valence-corrected chi connectivity index (χ3v) is 7.93. The van der Waals surface area contributed by atoms with Gasteiger partial charge in [0.2, 0.25) is 16.0 Å². The molecule has 5 rings (SSSR count). The van der Waals surface area contributed by atoms with Crippen LogP contribution in [0.3, 0.4) is 0 Å². The molecule has 0 radical (unpaired) electrons. The van der Waals surface area contributed by atoms with Crippen LogP contribution in [0.4, 0.5) is 11.8 Å². The minimum Gasteiger partial charge on any atom is -0.378 e. The molecule has 2 aromatic carbocycles. The fourth-order valence-corrected chi connectivity index (χ4v) is 5.65. The molecule has 0 saturated carbocycles. The summed E-state index contributed by atoms with van der Waals surface area (Å²) in [4.78, 5) is 23.5. The standard InChI is InChI=1S/C24H26N6O4S/c31-23(27-28-24-25-10-8-22(26-24)29-12-14-34-15-13-29)19-6-3-7-21(16-19)35(32,33)30-11-9-18-4-1-2-5-20(18)17-30/h1-8,10,16H,9,11-15,17H2,(H,27,31)(H,25,26,28). The molecule has 0 bridgehead atoms. The van der Waals surface area contributed by atoms with Gasteiger partial charge >= 0.3 is 0 Å². The number of morpholine rings is 1. The Morgan fingerprint density at radius 3 is 2.60 bits per heavy atom. The van der Waals surface area contributed by atoms with E-state index < -0.39 is 15.9 Å². The molecule has 0 atom stereocenters. The number of ether oxygens (including phenoxy) is 1. The molecule has 1 aromatic heterocycles. The van der Waals surface area contributed by atoms with Gasteiger partial charge in [0.15, 0.2) is 0 Å². The summed E-state index contributed by atoms with van der Waals surface area (Å²) in [6.07, 6.45) is 2.26. The molecule has 182 valence electrons. The third kappa shape index (κ3) is 5.11. The van der Waals surface area contributed by atoms with Crippen molar-refractivity contribution in [2.45, 2.75) is 17.9 Å². The second-order valence-corrected chi connectivity index (χ2v) is 10.2. The van der Waals surface area contributed by atoms with Crippen molar-refractivity contribution in [2.24, 2.45) is 0 Å². The van der Waals surface area contributed by atoms with E-state index in [1.54, 1.807) is 24.4 Å². The topological polar surface area (TPSA) is 117 Å². The zero-order valence-corrected chi connectivity index (χ0v) is 19.9. The number of nitrogens with zero attached hydrogens (tertiary/aromatic N) is 4. The van der Waals surface area contributed by atoms with E-state index in [0.717, 1.165) is 30.0 Å². The van der Waals surface area contributed by atoms with Crippen LogP contribution in [0.2, 0.25) is 0 Å². The predicted octanol–water partition coefficient (Wildman–Crippen LogP) is 1.82. The number of carbonyl (C=O) groups is 1. The molecule has 0 spiro atoms. The lowest BCUT2D eigenvalue weighted by molar-refractivity contribution is 0.0962. The van der Waals surface area contributed by atoms with Gasteiger partial charge in [0.25, 0.3) is 5.91 Å². The summed E-state index contributed by atoms with van der Waals surface area (Å²) >= 11 is 0. The Bertz CT molecular complexity index is 1330. The number of carbonyl (C=O) groups excluding carboxylic acids is 1. The largest absolute Gasteiger partial charge is 0.378 e. The van der Waals surface area contributed by atoms with Gasteiger partial charge in [-0.2, -0.15) is 9.29 Å². The lowest BCUT2D eigenvalue weighted by atomic mass is 10.0. The highest BCUT2D eigenvalue weighted by Gasteiger charge is 2.28. The summed E-state index contributed by atoms with van der Waals surface area (Å²) in [5.41, 5.74) is 7.64. The van der Waals surface area contributed by atoms with Gasteiger partial charge in [0.05, 0.1) is 18.1 Å². The molecule has 0 unspecified atom stereocenters. The number of nitrogens with one attached hydrogen (secondary N) is 2. The minimum atomic E-state index is -3.75. The Kier molecular flexibility index (Phi) is 6.62. The quantitative estimate of drug-likeness (QED) is 0.499. The molecule has 1 saturated heterocycles. The van der Waals surface area contributed by atoms with Crippen LogP contribution < -0.4 is 15.8 Å². The Morgan fingerprint density at radius 1 is 0.971 bits per heavy atom. The third-order valence-electron chi connectivity index (χ3n) is 6.09. The highest BCUT2D eigenvalue weighted by atomic mass is 32.2. The average molecular weight is 495 g/mol. The summed E-state index contributed by atoms with van der Waals surface area (Å²) in [5.74, 6) is 0.473. The molecule has 3 heterocycles. The zero-order chi connectivity index (χ0) is 24.3. The van der Waals surface area contributed by atoms with Gasteiger partial charge in [-0.3, -0.25) is 15.6 Å². The van der Waals surface area contributed by atoms with E-state index in [4.69, 9.17) is 4.74 Å². The van der Waals surface area contributed by atoms with Gasteiger partial charge in [0, 0.05) is 37.9 Å². The molecule has 35 heavy (non-hydrogen) atoms. The number of amides is 1. The molecule has 2 aliphatic heterocycles. The monoisotopic (exact) mass is 494 g/mol. The normalized spacial score (nSPS) is 16.4. The number of fused-ring (bicyclic) bond motifs is 1. The molecular weight excluding hydrogens is 468 g/mol. The van der Waals surface area contributed by atoms with E-state index in [2.05, 4.69) is 25.7 Å². The zero-order valence-electron chi connectivity index (χ0n) is 19.1. The number of sulfonamides is 1. The molecule has 1 amide bonds. The van der Waals surface area contributed by atoms with Crippen molar-refractivity contribution < 1.29 is 17.9 Å². The first-order valence-electron chi connectivity index (χ1n) is 11.4. The SMILES string of the molecule is O=C(NNc1nccc(N2CCOCC2)n1)c1cccc(S(=O)(=O)N2CCc3ccccc3C2)c1. The van der Waals surface area contributed by atoms with Crippen LogP contribution in [0.25, 0.3) is 0 Å². The molecule has 0 aliphatic carbocycles. The number of rotatable bonds is 6. The second kappa shape index (κ2) is 9.98. The van der Waals surface area contributed by atoms with Crippen LogP contribution in [0.15, 0.2) is 65.7 Å². The van der Waals surface area contributed by atoms with Crippen molar-refractivity contribution >= 4 is 27.7 Å². The molecule has 10 nitrogen and oxygen atoms in total. The van der Waals surface area contributed by atoms with Crippen molar-refractivity contribution in [3.05, 3.63) is 77.5 Å². The fraction of sp³-hybridized carbons (Fsp3) is 0.292. The number of aromatic nitrogens is 2. The lowest BCUT2D eigenvalue weighted by Crippen LogP contribution is -2.37. The van der Waals surface area contributed by atoms with Crippen molar-refractivity contribution in [3.8, 4) is 0 Å². The number of anilines is 2. The van der Waals surface area contributed by atoms with E-state index >= 15 is 0 Å². The molecule has 1 fully saturated rings. The maximum absolute atomic E-state index is 13.3. The first-order valence-corrected chi connectivity index (χ1v) is 12.8. The van der Waals surface area contributed by atoms with E-state index in [1.807, 2.05) is 24.3 Å². The number of hydrogen-bond donors (Lipinski definition) is 2. The second-order valence-electron chi connectivity index (χ2n) is 8.30. The van der Waals surface area contributed by atoms with Crippen LogP contribution in [0.1, 0.15) is 21.5 Å². The summed E-state index contributed by atoms with van der Waals surface area (Å²) in [5, 5.41) is 0. The van der Waals surface area contributed by atoms with Crippen LogP contribution >= 0.6 is 0 Å². The fourth-order valence-electron chi connectivity index (χ4n) is 4.18. The number of hydrazine groups is 1. The van der Waals surface area contributed by atoms with Crippen molar-refractivity contribution in [2.75, 3.05) is 43.2 Å². The van der Waals surface area contributed by atoms with Crippen molar-refractivity contribution in [3.63, 3.8) is 0 Å². The van der Waals surface area contributed by atoms with Crippen LogP contribution in [0, 0.1) is 0 Å². The van der Waals surface area contributed by atoms with Crippen LogP contribution in [0.5, 0.6) is 0 Å². The molecule has 2 aliphatic rings. The van der Waals surface area contributed by atoms with Gasteiger partial charge in [-0.15, -0.1) is 0 Å². The highest BCUT2D eigenvalue weighted by Crippen LogP contribution is 2.25. The average Bonchev–Trinajstić information content (AvgIpc) is 2.92. The van der Waals surface area contributed by atoms with Crippen LogP contribution in [-0.4, -0.2) is 61.4 Å². The van der Waals surface area contributed by atoms with Crippen molar-refractivity contribution in [1.82, 2.24) is 19.7 Å². The molecular formula is C24H26N6O4S. The van der Waals surface area contributed by atoms with E-state index in [1.165, 1.54) is 16.4 Å². The van der Waals surface area contributed by atoms with Gasteiger partial charge in [0.1, 0.15) is 5.82 Å².